The summed E-state index contributed by atoms with van der Waals surface area (Å²) in [5.41, 5.74) is 1.59. The molecule has 0 saturated heterocycles. The predicted molar refractivity (Wildman–Crippen MR) is 123 cm³/mol. The third-order valence-electron chi connectivity index (χ3n) is 4.43. The molecule has 0 saturated carbocycles. The highest BCUT2D eigenvalue weighted by Gasteiger charge is 2.14. The van der Waals surface area contributed by atoms with Crippen molar-refractivity contribution in [3.63, 3.8) is 0 Å². The Labute approximate surface area is 192 Å². The van der Waals surface area contributed by atoms with Crippen LogP contribution in [0.15, 0.2) is 65.1 Å². The number of ether oxygens (including phenoxy) is 2. The van der Waals surface area contributed by atoms with E-state index in [1.807, 2.05) is 13.0 Å². The van der Waals surface area contributed by atoms with E-state index < -0.39 is 10.7 Å². The Hall–Kier alpha value is -3.70. The summed E-state index contributed by atoms with van der Waals surface area (Å²) in [6.07, 6.45) is 1.57. The molecule has 0 spiro atoms. The van der Waals surface area contributed by atoms with Gasteiger partial charge in [0.1, 0.15) is 12.4 Å². The summed E-state index contributed by atoms with van der Waals surface area (Å²) < 4.78 is 26.3. The van der Waals surface area contributed by atoms with E-state index in [-0.39, 0.29) is 23.4 Å². The molecule has 3 aromatic rings. The first-order valence-corrected chi connectivity index (χ1v) is 10.4. The van der Waals surface area contributed by atoms with E-state index in [2.05, 4.69) is 15.9 Å². The first kappa shape index (κ1) is 23.0. The lowest BCUT2D eigenvalue weighted by atomic mass is 10.0. The van der Waals surface area contributed by atoms with Gasteiger partial charge in [-0.1, -0.05) is 30.3 Å². The molecule has 0 N–H and O–H groups in total. The number of nitrogens with zero attached hydrogens (tertiary/aromatic N) is 2. The minimum absolute atomic E-state index is 0.0205. The molecule has 6 nitrogen and oxygen atoms in total. The fourth-order valence-electron chi connectivity index (χ4n) is 3.01. The Morgan fingerprint density at radius 1 is 1.19 bits per heavy atom. The average molecular weight is 497 g/mol. The van der Waals surface area contributed by atoms with Crippen LogP contribution in [0.25, 0.3) is 11.6 Å². The lowest BCUT2D eigenvalue weighted by molar-refractivity contribution is -0.384. The van der Waals surface area contributed by atoms with E-state index in [0.717, 1.165) is 0 Å². The molecular weight excluding hydrogens is 479 g/mol. The first-order valence-electron chi connectivity index (χ1n) is 9.62. The van der Waals surface area contributed by atoms with Crippen LogP contribution in [0.4, 0.5) is 10.1 Å². The third kappa shape index (κ3) is 5.50. The maximum atomic E-state index is 14.1. The van der Waals surface area contributed by atoms with Gasteiger partial charge in [0.25, 0.3) is 5.69 Å². The van der Waals surface area contributed by atoms with Crippen LogP contribution >= 0.6 is 15.9 Å². The van der Waals surface area contributed by atoms with E-state index in [9.17, 15) is 19.8 Å². The summed E-state index contributed by atoms with van der Waals surface area (Å²) in [6.45, 7) is 2.28. The molecule has 0 bridgehead atoms. The van der Waals surface area contributed by atoms with Crippen LogP contribution in [-0.4, -0.2) is 11.5 Å². The zero-order chi connectivity index (χ0) is 23.1. The van der Waals surface area contributed by atoms with Gasteiger partial charge >= 0.3 is 0 Å². The number of benzene rings is 3. The molecule has 0 unspecified atom stereocenters. The van der Waals surface area contributed by atoms with Crippen molar-refractivity contribution in [1.82, 2.24) is 0 Å². The van der Waals surface area contributed by atoms with Crippen molar-refractivity contribution in [2.45, 2.75) is 13.5 Å². The minimum Gasteiger partial charge on any atom is -0.490 e. The number of nitro benzene ring substituents is 1. The largest absolute Gasteiger partial charge is 0.490 e. The van der Waals surface area contributed by atoms with Crippen LogP contribution in [0.3, 0.4) is 0 Å². The summed E-state index contributed by atoms with van der Waals surface area (Å²) in [7, 11) is 0. The molecular formula is C24H18BrFN2O4. The van der Waals surface area contributed by atoms with Crippen LogP contribution in [-0.2, 0) is 6.61 Å². The lowest BCUT2D eigenvalue weighted by Crippen LogP contribution is -2.01. The average Bonchev–Trinajstić information content (AvgIpc) is 2.78. The van der Waals surface area contributed by atoms with Crippen LogP contribution in [0, 0.1) is 27.3 Å². The van der Waals surface area contributed by atoms with Gasteiger partial charge in [-0.2, -0.15) is 5.26 Å². The topological polar surface area (TPSA) is 85.4 Å². The van der Waals surface area contributed by atoms with Crippen LogP contribution < -0.4 is 9.47 Å². The summed E-state index contributed by atoms with van der Waals surface area (Å²) in [5.74, 6) is 0.352. The summed E-state index contributed by atoms with van der Waals surface area (Å²) in [4.78, 5) is 10.5. The number of nitro groups is 1. The second-order valence-corrected chi connectivity index (χ2v) is 7.48. The van der Waals surface area contributed by atoms with Crippen molar-refractivity contribution in [1.29, 1.82) is 5.26 Å². The van der Waals surface area contributed by atoms with E-state index in [0.29, 0.717) is 33.7 Å². The molecule has 0 amide bonds. The minimum atomic E-state index is -0.485. The Morgan fingerprint density at radius 2 is 1.97 bits per heavy atom. The number of hydrogen-bond acceptors (Lipinski definition) is 5. The third-order valence-corrected chi connectivity index (χ3v) is 5.02. The Morgan fingerprint density at radius 3 is 2.66 bits per heavy atom. The molecule has 0 fully saturated rings. The van der Waals surface area contributed by atoms with Crippen molar-refractivity contribution in [2.24, 2.45) is 0 Å². The van der Waals surface area contributed by atoms with Crippen molar-refractivity contribution in [3.05, 3.63) is 97.8 Å². The van der Waals surface area contributed by atoms with Gasteiger partial charge in [0.2, 0.25) is 0 Å². The molecule has 3 rings (SSSR count). The normalized spacial score (nSPS) is 11.0. The molecule has 0 aliphatic rings. The molecule has 0 radical (unpaired) electrons. The number of allylic oxidation sites excluding steroid dienone is 1. The quantitative estimate of drug-likeness (QED) is 0.153. The molecule has 32 heavy (non-hydrogen) atoms. The van der Waals surface area contributed by atoms with E-state index in [1.165, 1.54) is 18.2 Å². The number of nitriles is 1. The fraction of sp³-hybridized carbons (Fsp3) is 0.125. The zero-order valence-corrected chi connectivity index (χ0v) is 18.6. The second kappa shape index (κ2) is 10.6. The highest BCUT2D eigenvalue weighted by molar-refractivity contribution is 9.10. The summed E-state index contributed by atoms with van der Waals surface area (Å²) >= 11 is 3.46. The van der Waals surface area contributed by atoms with Gasteiger partial charge in [-0.25, -0.2) is 4.39 Å². The van der Waals surface area contributed by atoms with Gasteiger partial charge in [-0.3, -0.25) is 10.1 Å². The second-order valence-electron chi connectivity index (χ2n) is 6.63. The Kier molecular flexibility index (Phi) is 7.58. The molecule has 162 valence electrons. The predicted octanol–water partition coefficient (Wildman–Crippen LogP) is 6.54. The summed E-state index contributed by atoms with van der Waals surface area (Å²) in [6, 6.07) is 17.7. The van der Waals surface area contributed by atoms with Crippen LogP contribution in [0.2, 0.25) is 0 Å². The van der Waals surface area contributed by atoms with Crippen LogP contribution in [0.1, 0.15) is 23.6 Å². The van der Waals surface area contributed by atoms with Crippen molar-refractivity contribution in [2.75, 3.05) is 6.61 Å². The van der Waals surface area contributed by atoms with Crippen molar-refractivity contribution >= 4 is 33.3 Å². The number of halogens is 2. The highest BCUT2D eigenvalue weighted by atomic mass is 79.9. The van der Waals surface area contributed by atoms with Crippen molar-refractivity contribution < 1.29 is 18.8 Å². The lowest BCUT2D eigenvalue weighted by Gasteiger charge is -2.15. The fourth-order valence-corrected chi connectivity index (χ4v) is 3.58. The molecule has 3 aromatic carbocycles. The molecule has 0 atom stereocenters. The monoisotopic (exact) mass is 496 g/mol. The molecule has 8 heteroatoms. The maximum absolute atomic E-state index is 14.1. The number of hydrogen-bond donors (Lipinski definition) is 0. The molecule has 0 heterocycles. The van der Waals surface area contributed by atoms with E-state index >= 15 is 0 Å². The van der Waals surface area contributed by atoms with Gasteiger partial charge in [0.05, 0.1) is 27.6 Å². The van der Waals surface area contributed by atoms with Gasteiger partial charge in [-0.15, -0.1) is 0 Å². The molecule has 0 aliphatic heterocycles. The van der Waals surface area contributed by atoms with E-state index in [1.54, 1.807) is 48.5 Å². The maximum Gasteiger partial charge on any atom is 0.269 e. The molecule has 0 aromatic heterocycles. The van der Waals surface area contributed by atoms with Crippen molar-refractivity contribution in [3.8, 4) is 17.6 Å². The van der Waals surface area contributed by atoms with E-state index in [4.69, 9.17) is 9.47 Å². The summed E-state index contributed by atoms with van der Waals surface area (Å²) in [5, 5.41) is 20.5. The zero-order valence-electron chi connectivity index (χ0n) is 17.0. The van der Waals surface area contributed by atoms with Gasteiger partial charge < -0.3 is 9.47 Å². The number of rotatable bonds is 8. The smallest absolute Gasteiger partial charge is 0.269 e. The SMILES string of the molecule is CCOc1cc(C=C(C#N)c2ccccc2F)cc(Br)c1OCc1cccc([N+](=O)[O-])c1. The van der Waals surface area contributed by atoms with Gasteiger partial charge in [0.15, 0.2) is 11.5 Å². The van der Waals surface area contributed by atoms with Gasteiger partial charge in [0, 0.05) is 17.7 Å². The Balaban J connectivity index is 1.93. The Bertz CT molecular complexity index is 1220. The van der Waals surface area contributed by atoms with Crippen LogP contribution in [0.5, 0.6) is 11.5 Å². The highest BCUT2D eigenvalue weighted by Crippen LogP contribution is 2.38. The standard InChI is InChI=1S/C24H18BrFN2O4/c1-2-31-23-13-17(10-18(14-27)20-8-3-4-9-22(20)26)12-21(25)24(23)32-15-16-6-5-7-19(11-16)28(29)30/h3-13H,2,15H2,1H3. The first-order chi connectivity index (χ1) is 15.4. The molecule has 0 aliphatic carbocycles. The number of non-ortho nitro benzene ring substituents is 1. The van der Waals surface area contributed by atoms with Gasteiger partial charge in [-0.05, 0) is 58.3 Å².